The topological polar surface area (TPSA) is 41.1 Å². The van der Waals surface area contributed by atoms with Crippen molar-refractivity contribution in [1.29, 1.82) is 0 Å². The molecule has 0 atom stereocenters. The zero-order valence-electron chi connectivity index (χ0n) is 8.91. The maximum Gasteiger partial charge on any atom is 0.239 e. The second-order valence-electron chi connectivity index (χ2n) is 4.58. The summed E-state index contributed by atoms with van der Waals surface area (Å²) in [5, 5.41) is 5.86. The highest BCUT2D eigenvalue weighted by Gasteiger charge is 2.30. The van der Waals surface area contributed by atoms with Gasteiger partial charge < -0.3 is 5.32 Å². The Bertz CT molecular complexity index is 168. The molecule has 12 heavy (non-hydrogen) atoms. The normalized spacial score (nSPS) is 12.8. The van der Waals surface area contributed by atoms with E-state index in [2.05, 4.69) is 10.6 Å². The molecule has 3 nitrogen and oxygen atoms in total. The van der Waals surface area contributed by atoms with Crippen LogP contribution in [0.1, 0.15) is 34.6 Å². The van der Waals surface area contributed by atoms with Gasteiger partial charge in [-0.3, -0.25) is 10.1 Å². The van der Waals surface area contributed by atoms with Crippen LogP contribution in [-0.4, -0.2) is 24.0 Å². The second-order valence-corrected chi connectivity index (χ2v) is 4.58. The van der Waals surface area contributed by atoms with Gasteiger partial charge in [0.1, 0.15) is 0 Å². The van der Waals surface area contributed by atoms with Crippen molar-refractivity contribution in [3.63, 3.8) is 0 Å². The predicted molar refractivity (Wildman–Crippen MR) is 51.0 cm³/mol. The number of amides is 1. The van der Waals surface area contributed by atoms with Crippen LogP contribution in [0.4, 0.5) is 0 Å². The van der Waals surface area contributed by atoms with E-state index in [-0.39, 0.29) is 11.4 Å². The number of hydrogen-bond donors (Lipinski definition) is 2. The molecule has 0 radical (unpaired) electrons. The van der Waals surface area contributed by atoms with Gasteiger partial charge in [0, 0.05) is 12.6 Å². The third kappa shape index (κ3) is 3.72. The molecule has 0 rings (SSSR count). The molecule has 0 saturated heterocycles. The van der Waals surface area contributed by atoms with Crippen LogP contribution in [0.2, 0.25) is 0 Å². The second kappa shape index (κ2) is 3.44. The van der Waals surface area contributed by atoms with E-state index in [0.717, 1.165) is 0 Å². The van der Waals surface area contributed by atoms with E-state index >= 15 is 0 Å². The summed E-state index contributed by atoms with van der Waals surface area (Å²) in [5.74, 6) is 0.0115. The van der Waals surface area contributed by atoms with Crippen molar-refractivity contribution in [2.45, 2.75) is 45.7 Å². The summed E-state index contributed by atoms with van der Waals surface area (Å²) in [4.78, 5) is 11.3. The number of carbonyl (C=O) groups excluding carboxylic acids is 1. The van der Waals surface area contributed by atoms with Gasteiger partial charge in [-0.25, -0.2) is 0 Å². The van der Waals surface area contributed by atoms with Gasteiger partial charge in [-0.15, -0.1) is 0 Å². The fourth-order valence-electron chi connectivity index (χ4n) is 1.31. The molecule has 2 N–H and O–H groups in total. The molecule has 0 spiro atoms. The monoisotopic (exact) mass is 172 g/mol. The highest BCUT2D eigenvalue weighted by atomic mass is 16.2. The number of carbonyl (C=O) groups is 1. The van der Waals surface area contributed by atoms with Gasteiger partial charge in [0.2, 0.25) is 5.91 Å². The van der Waals surface area contributed by atoms with E-state index in [1.807, 2.05) is 34.6 Å². The first kappa shape index (κ1) is 11.4. The summed E-state index contributed by atoms with van der Waals surface area (Å²) in [6.07, 6.45) is 0. The lowest BCUT2D eigenvalue weighted by molar-refractivity contribution is -0.126. The maximum absolute atomic E-state index is 11.3. The molecule has 0 aliphatic carbocycles. The summed E-state index contributed by atoms with van der Waals surface area (Å²) in [7, 11) is 1.65. The molecular formula is C9H20N2O. The quantitative estimate of drug-likeness (QED) is 0.649. The molecule has 0 saturated carbocycles. The molecule has 0 aliphatic rings. The summed E-state index contributed by atoms with van der Waals surface area (Å²) in [5.41, 5.74) is -0.553. The minimum Gasteiger partial charge on any atom is -0.358 e. The SMILES string of the molecule is CNC(=O)C(C)(C)NC(C)(C)C. The zero-order chi connectivity index (χ0) is 9.99. The van der Waals surface area contributed by atoms with Gasteiger partial charge >= 0.3 is 0 Å². The first-order chi connectivity index (χ1) is 5.19. The average molecular weight is 172 g/mol. The Morgan fingerprint density at radius 1 is 1.08 bits per heavy atom. The van der Waals surface area contributed by atoms with Crippen molar-refractivity contribution in [2.24, 2.45) is 0 Å². The van der Waals surface area contributed by atoms with Gasteiger partial charge in [0.05, 0.1) is 5.54 Å². The van der Waals surface area contributed by atoms with Crippen molar-refractivity contribution < 1.29 is 4.79 Å². The third-order valence-corrected chi connectivity index (χ3v) is 1.48. The van der Waals surface area contributed by atoms with Gasteiger partial charge in [-0.05, 0) is 34.6 Å². The number of hydrogen-bond acceptors (Lipinski definition) is 2. The van der Waals surface area contributed by atoms with Crippen molar-refractivity contribution in [1.82, 2.24) is 10.6 Å². The van der Waals surface area contributed by atoms with Gasteiger partial charge in [0.15, 0.2) is 0 Å². The van der Waals surface area contributed by atoms with E-state index in [4.69, 9.17) is 0 Å². The van der Waals surface area contributed by atoms with E-state index in [1.165, 1.54) is 0 Å². The zero-order valence-corrected chi connectivity index (χ0v) is 8.91. The first-order valence-electron chi connectivity index (χ1n) is 4.20. The Morgan fingerprint density at radius 3 is 1.75 bits per heavy atom. The molecule has 0 unspecified atom stereocenters. The Balaban J connectivity index is 4.32. The third-order valence-electron chi connectivity index (χ3n) is 1.48. The average Bonchev–Trinajstić information content (AvgIpc) is 1.80. The van der Waals surface area contributed by atoms with E-state index < -0.39 is 5.54 Å². The molecular weight excluding hydrogens is 152 g/mol. The first-order valence-corrected chi connectivity index (χ1v) is 4.20. The summed E-state index contributed by atoms with van der Waals surface area (Å²) < 4.78 is 0. The van der Waals surface area contributed by atoms with Crippen LogP contribution in [-0.2, 0) is 4.79 Å². The van der Waals surface area contributed by atoms with E-state index in [0.29, 0.717) is 0 Å². The highest BCUT2D eigenvalue weighted by molar-refractivity contribution is 5.85. The van der Waals surface area contributed by atoms with Crippen LogP contribution in [0.15, 0.2) is 0 Å². The molecule has 0 aromatic carbocycles. The van der Waals surface area contributed by atoms with Crippen molar-refractivity contribution >= 4 is 5.91 Å². The lowest BCUT2D eigenvalue weighted by atomic mass is 9.98. The molecule has 72 valence electrons. The lowest BCUT2D eigenvalue weighted by Gasteiger charge is -2.33. The van der Waals surface area contributed by atoms with Gasteiger partial charge in [0.25, 0.3) is 0 Å². The van der Waals surface area contributed by atoms with E-state index in [9.17, 15) is 4.79 Å². The summed E-state index contributed by atoms with van der Waals surface area (Å²) in [6, 6.07) is 0. The van der Waals surface area contributed by atoms with Gasteiger partial charge in [-0.2, -0.15) is 0 Å². The predicted octanol–water partition coefficient (Wildman–Crippen LogP) is 0.899. The van der Waals surface area contributed by atoms with Crippen molar-refractivity contribution in [3.05, 3.63) is 0 Å². The number of rotatable bonds is 2. The van der Waals surface area contributed by atoms with Crippen LogP contribution in [0, 0.1) is 0 Å². The van der Waals surface area contributed by atoms with Crippen LogP contribution < -0.4 is 10.6 Å². The Morgan fingerprint density at radius 2 is 1.50 bits per heavy atom. The molecule has 0 aromatic heterocycles. The van der Waals surface area contributed by atoms with Crippen LogP contribution in [0.5, 0.6) is 0 Å². The Kier molecular flexibility index (Phi) is 3.27. The minimum atomic E-state index is -0.507. The number of nitrogens with one attached hydrogen (secondary N) is 2. The van der Waals surface area contributed by atoms with Crippen molar-refractivity contribution in [3.8, 4) is 0 Å². The molecule has 0 aromatic rings. The molecule has 1 amide bonds. The summed E-state index contributed by atoms with van der Waals surface area (Å²) >= 11 is 0. The van der Waals surface area contributed by atoms with Crippen LogP contribution in [0.25, 0.3) is 0 Å². The largest absolute Gasteiger partial charge is 0.358 e. The molecule has 3 heteroatoms. The lowest BCUT2D eigenvalue weighted by Crippen LogP contribution is -2.58. The van der Waals surface area contributed by atoms with Crippen LogP contribution in [0.3, 0.4) is 0 Å². The molecule has 0 heterocycles. The molecule has 0 fully saturated rings. The van der Waals surface area contributed by atoms with Crippen LogP contribution >= 0.6 is 0 Å². The number of likely N-dealkylation sites (N-methyl/N-ethyl adjacent to an activating group) is 1. The molecule has 0 bridgehead atoms. The molecule has 0 aliphatic heterocycles. The fraction of sp³-hybridized carbons (Fsp3) is 0.889. The summed E-state index contributed by atoms with van der Waals surface area (Å²) in [6.45, 7) is 9.86. The minimum absolute atomic E-state index is 0.0115. The Hall–Kier alpha value is -0.570. The standard InChI is InChI=1S/C9H20N2O/c1-8(2,3)11-9(4,5)7(12)10-6/h11H,1-6H3,(H,10,12). The van der Waals surface area contributed by atoms with Crippen molar-refractivity contribution in [2.75, 3.05) is 7.05 Å². The fourth-order valence-corrected chi connectivity index (χ4v) is 1.31. The smallest absolute Gasteiger partial charge is 0.239 e. The van der Waals surface area contributed by atoms with E-state index in [1.54, 1.807) is 7.05 Å². The Labute approximate surface area is 74.9 Å². The highest BCUT2D eigenvalue weighted by Crippen LogP contribution is 2.09. The van der Waals surface area contributed by atoms with Gasteiger partial charge in [-0.1, -0.05) is 0 Å². The maximum atomic E-state index is 11.3.